The van der Waals surface area contributed by atoms with Crippen molar-refractivity contribution in [3.05, 3.63) is 18.0 Å². The van der Waals surface area contributed by atoms with Crippen molar-refractivity contribution in [1.82, 2.24) is 9.78 Å². The Morgan fingerprint density at radius 2 is 2.17 bits per heavy atom. The number of carboxylic acid groups (broad SMARTS) is 1. The Morgan fingerprint density at radius 1 is 1.50 bits per heavy atom. The van der Waals surface area contributed by atoms with Crippen LogP contribution in [-0.4, -0.2) is 33.4 Å². The average Bonchev–Trinajstić information content (AvgIpc) is 2.76. The van der Waals surface area contributed by atoms with Crippen LogP contribution in [0.25, 0.3) is 0 Å². The van der Waals surface area contributed by atoms with Crippen LogP contribution in [0.5, 0.6) is 0 Å². The molecule has 0 aliphatic heterocycles. The van der Waals surface area contributed by atoms with E-state index < -0.39 is 17.4 Å². The molecule has 18 heavy (non-hydrogen) atoms. The van der Waals surface area contributed by atoms with Gasteiger partial charge in [0.2, 0.25) is 0 Å². The summed E-state index contributed by atoms with van der Waals surface area (Å²) in [6, 6.07) is 0. The molecule has 100 valence electrons. The lowest BCUT2D eigenvalue weighted by molar-refractivity contribution is -0.167. The normalized spacial score (nSPS) is 13.9. The number of aryl methyl sites for hydroxylation is 1. The molecule has 0 saturated carbocycles. The molecule has 0 bridgehead atoms. The van der Waals surface area contributed by atoms with Crippen molar-refractivity contribution >= 4 is 11.9 Å². The summed E-state index contributed by atoms with van der Waals surface area (Å²) in [4.78, 5) is 23.0. The number of aromatic nitrogens is 2. The molecule has 1 N–H and O–H groups in total. The summed E-state index contributed by atoms with van der Waals surface area (Å²) in [7, 11) is 0. The highest BCUT2D eigenvalue weighted by atomic mass is 16.5. The number of nitrogens with zero attached hydrogens (tertiary/aromatic N) is 2. The molecular formula is C12H18N2O4. The predicted octanol–water partition coefficient (Wildman–Crippen LogP) is 1.10. The van der Waals surface area contributed by atoms with E-state index in [1.54, 1.807) is 24.0 Å². The monoisotopic (exact) mass is 254 g/mol. The summed E-state index contributed by atoms with van der Waals surface area (Å²) in [5.41, 5.74) is -0.868. The van der Waals surface area contributed by atoms with E-state index in [1.165, 1.54) is 6.92 Å². The lowest BCUT2D eigenvalue weighted by Gasteiger charge is -2.21. The van der Waals surface area contributed by atoms with Crippen LogP contribution in [-0.2, 0) is 27.3 Å². The van der Waals surface area contributed by atoms with Gasteiger partial charge in [-0.1, -0.05) is 0 Å². The van der Waals surface area contributed by atoms with Crippen LogP contribution in [0, 0.1) is 5.41 Å². The largest absolute Gasteiger partial charge is 0.480 e. The second kappa shape index (κ2) is 5.66. The Kier molecular flexibility index (Phi) is 4.47. The van der Waals surface area contributed by atoms with Crippen LogP contribution in [0.4, 0.5) is 0 Å². The summed E-state index contributed by atoms with van der Waals surface area (Å²) in [6.07, 6.45) is 3.38. The molecule has 0 aromatic carbocycles. The van der Waals surface area contributed by atoms with E-state index in [1.807, 2.05) is 6.92 Å². The molecule has 0 radical (unpaired) electrons. The molecule has 1 unspecified atom stereocenters. The van der Waals surface area contributed by atoms with Gasteiger partial charge in [-0.2, -0.15) is 5.10 Å². The van der Waals surface area contributed by atoms with Gasteiger partial charge in [0.1, 0.15) is 0 Å². The van der Waals surface area contributed by atoms with E-state index in [4.69, 9.17) is 4.74 Å². The van der Waals surface area contributed by atoms with E-state index in [9.17, 15) is 14.7 Å². The number of rotatable bonds is 6. The second-order valence-electron chi connectivity index (χ2n) is 4.24. The third-order valence-electron chi connectivity index (χ3n) is 2.77. The lowest BCUT2D eigenvalue weighted by Crippen LogP contribution is -2.39. The smallest absolute Gasteiger partial charge is 0.323 e. The molecule has 0 fully saturated rings. The van der Waals surface area contributed by atoms with Crippen LogP contribution in [0.2, 0.25) is 0 Å². The fourth-order valence-corrected chi connectivity index (χ4v) is 1.60. The maximum atomic E-state index is 11.8. The number of ether oxygens (including phenoxy) is 1. The minimum atomic E-state index is -1.57. The van der Waals surface area contributed by atoms with Gasteiger partial charge >= 0.3 is 11.9 Å². The third-order valence-corrected chi connectivity index (χ3v) is 2.77. The molecule has 0 amide bonds. The first-order chi connectivity index (χ1) is 8.43. The highest BCUT2D eigenvalue weighted by molar-refractivity contribution is 5.98. The zero-order chi connectivity index (χ0) is 13.8. The molecule has 0 aliphatic rings. The van der Waals surface area contributed by atoms with Gasteiger partial charge in [-0.25, -0.2) is 0 Å². The number of hydrogen-bond acceptors (Lipinski definition) is 4. The quantitative estimate of drug-likeness (QED) is 0.607. The number of hydrogen-bond donors (Lipinski definition) is 1. The van der Waals surface area contributed by atoms with Crippen molar-refractivity contribution in [2.75, 3.05) is 6.61 Å². The van der Waals surface area contributed by atoms with Crippen molar-refractivity contribution in [1.29, 1.82) is 0 Å². The first-order valence-electron chi connectivity index (χ1n) is 5.86. The van der Waals surface area contributed by atoms with E-state index in [2.05, 4.69) is 5.10 Å². The van der Waals surface area contributed by atoms with Gasteiger partial charge in [0, 0.05) is 19.2 Å². The number of carboxylic acids is 1. The summed E-state index contributed by atoms with van der Waals surface area (Å²) >= 11 is 0. The molecule has 6 heteroatoms. The van der Waals surface area contributed by atoms with Crippen molar-refractivity contribution < 1.29 is 19.4 Å². The van der Waals surface area contributed by atoms with Gasteiger partial charge in [-0.05, 0) is 26.3 Å². The Bertz CT molecular complexity index is 441. The SMILES string of the molecule is CCOC(=O)C(C)(Cc1cnn(CC)c1)C(=O)O. The van der Waals surface area contributed by atoms with Crippen LogP contribution in [0.1, 0.15) is 26.3 Å². The third kappa shape index (κ3) is 2.88. The predicted molar refractivity (Wildman–Crippen MR) is 64.0 cm³/mol. The van der Waals surface area contributed by atoms with Gasteiger partial charge in [0.05, 0.1) is 12.8 Å². The van der Waals surface area contributed by atoms with Gasteiger partial charge in [0.25, 0.3) is 0 Å². The van der Waals surface area contributed by atoms with Crippen molar-refractivity contribution in [3.63, 3.8) is 0 Å². The maximum Gasteiger partial charge on any atom is 0.323 e. The second-order valence-corrected chi connectivity index (χ2v) is 4.24. The molecule has 1 atom stereocenters. The first kappa shape index (κ1) is 14.2. The fourth-order valence-electron chi connectivity index (χ4n) is 1.60. The van der Waals surface area contributed by atoms with Crippen LogP contribution < -0.4 is 0 Å². The number of esters is 1. The Labute approximate surface area is 106 Å². The van der Waals surface area contributed by atoms with Crippen molar-refractivity contribution in [3.8, 4) is 0 Å². The van der Waals surface area contributed by atoms with E-state index in [0.717, 1.165) is 0 Å². The highest BCUT2D eigenvalue weighted by Crippen LogP contribution is 2.25. The van der Waals surface area contributed by atoms with Crippen LogP contribution in [0.3, 0.4) is 0 Å². The summed E-state index contributed by atoms with van der Waals surface area (Å²) in [5.74, 6) is -1.91. The van der Waals surface area contributed by atoms with Gasteiger partial charge < -0.3 is 9.84 Å². The summed E-state index contributed by atoms with van der Waals surface area (Å²) in [5, 5.41) is 13.3. The minimum absolute atomic E-state index is 0.0706. The number of carbonyl (C=O) groups excluding carboxylic acids is 1. The van der Waals surface area contributed by atoms with Crippen LogP contribution >= 0.6 is 0 Å². The van der Waals surface area contributed by atoms with E-state index in [-0.39, 0.29) is 13.0 Å². The lowest BCUT2D eigenvalue weighted by atomic mass is 9.84. The highest BCUT2D eigenvalue weighted by Gasteiger charge is 2.43. The zero-order valence-corrected chi connectivity index (χ0v) is 10.8. The zero-order valence-electron chi connectivity index (χ0n) is 10.8. The summed E-state index contributed by atoms with van der Waals surface area (Å²) < 4.78 is 6.51. The standard InChI is InChI=1S/C12H18N2O4/c1-4-14-8-9(7-13-14)6-12(3,10(15)16)11(17)18-5-2/h7-8H,4-6H2,1-3H3,(H,15,16). The molecule has 6 nitrogen and oxygen atoms in total. The first-order valence-corrected chi connectivity index (χ1v) is 5.86. The number of aliphatic carboxylic acids is 1. The van der Waals surface area contributed by atoms with E-state index >= 15 is 0 Å². The summed E-state index contributed by atoms with van der Waals surface area (Å²) in [6.45, 7) is 5.81. The molecule has 1 aromatic heterocycles. The molecular weight excluding hydrogens is 236 g/mol. The molecule has 1 heterocycles. The molecule has 1 aromatic rings. The minimum Gasteiger partial charge on any atom is -0.480 e. The maximum absolute atomic E-state index is 11.8. The number of carbonyl (C=O) groups is 2. The molecule has 0 aliphatic carbocycles. The van der Waals surface area contributed by atoms with Gasteiger partial charge in [-0.15, -0.1) is 0 Å². The van der Waals surface area contributed by atoms with Crippen molar-refractivity contribution in [2.24, 2.45) is 5.41 Å². The Morgan fingerprint density at radius 3 is 2.61 bits per heavy atom. The van der Waals surface area contributed by atoms with E-state index in [0.29, 0.717) is 12.1 Å². The fraction of sp³-hybridized carbons (Fsp3) is 0.583. The molecule has 0 saturated heterocycles. The molecule has 1 rings (SSSR count). The topological polar surface area (TPSA) is 81.4 Å². The van der Waals surface area contributed by atoms with Gasteiger partial charge in [0.15, 0.2) is 5.41 Å². The van der Waals surface area contributed by atoms with Crippen LogP contribution in [0.15, 0.2) is 12.4 Å². The van der Waals surface area contributed by atoms with Gasteiger partial charge in [-0.3, -0.25) is 14.3 Å². The molecule has 0 spiro atoms. The Balaban J connectivity index is 2.92. The average molecular weight is 254 g/mol. The Hall–Kier alpha value is -1.85. The van der Waals surface area contributed by atoms with Crippen molar-refractivity contribution in [2.45, 2.75) is 33.7 Å².